The minimum absolute atomic E-state index is 0.0175. The molecule has 0 bridgehead atoms. The van der Waals surface area contributed by atoms with Crippen LogP contribution in [-0.2, 0) is 14.8 Å². The second-order valence-corrected chi connectivity index (χ2v) is 7.80. The molecule has 0 aromatic carbocycles. The number of nitrogens with zero attached hydrogens (tertiary/aromatic N) is 2. The Morgan fingerprint density at radius 1 is 1.42 bits per heavy atom. The zero-order valence-electron chi connectivity index (χ0n) is 10.1. The van der Waals surface area contributed by atoms with E-state index < -0.39 is 10.0 Å². The van der Waals surface area contributed by atoms with Crippen LogP contribution in [0.3, 0.4) is 0 Å². The van der Waals surface area contributed by atoms with Crippen molar-refractivity contribution in [3.05, 3.63) is 10.7 Å². The van der Waals surface area contributed by atoms with Gasteiger partial charge < -0.3 is 4.90 Å². The number of hydrogen-bond donors (Lipinski definition) is 1. The van der Waals surface area contributed by atoms with Crippen LogP contribution in [-0.4, -0.2) is 43.8 Å². The van der Waals surface area contributed by atoms with E-state index in [-0.39, 0.29) is 21.1 Å². The molecule has 6 nitrogen and oxygen atoms in total. The van der Waals surface area contributed by atoms with E-state index in [1.807, 2.05) is 0 Å². The summed E-state index contributed by atoms with van der Waals surface area (Å²) >= 11 is 6.45. The maximum absolute atomic E-state index is 11.9. The van der Waals surface area contributed by atoms with E-state index in [0.717, 1.165) is 30.6 Å². The van der Waals surface area contributed by atoms with Gasteiger partial charge in [-0.05, 0) is 19.3 Å². The molecule has 0 radical (unpaired) electrons. The summed E-state index contributed by atoms with van der Waals surface area (Å²) in [7, 11) is -3.70. The maximum atomic E-state index is 11.9. The van der Waals surface area contributed by atoms with Crippen molar-refractivity contribution >= 4 is 38.9 Å². The smallest absolute Gasteiger partial charge is 0.252 e. The summed E-state index contributed by atoms with van der Waals surface area (Å²) < 4.78 is 26.2. The molecule has 1 aromatic heterocycles. The Hall–Kier alpha value is -0.700. The number of thiazole rings is 1. The highest BCUT2D eigenvalue weighted by Crippen LogP contribution is 2.22. The molecule has 106 valence electrons. The molecule has 0 aliphatic carbocycles. The molecule has 0 saturated carbocycles. The molecule has 2 heterocycles. The van der Waals surface area contributed by atoms with Crippen molar-refractivity contribution < 1.29 is 13.2 Å². The van der Waals surface area contributed by atoms with Gasteiger partial charge in [-0.3, -0.25) is 4.79 Å². The van der Waals surface area contributed by atoms with Crippen molar-refractivity contribution in [2.24, 2.45) is 0 Å². The zero-order valence-corrected chi connectivity index (χ0v) is 12.5. The van der Waals surface area contributed by atoms with Gasteiger partial charge in [0.05, 0.1) is 12.7 Å². The van der Waals surface area contributed by atoms with Crippen molar-refractivity contribution in [1.29, 1.82) is 0 Å². The van der Waals surface area contributed by atoms with Gasteiger partial charge in [-0.2, -0.15) is 0 Å². The third kappa shape index (κ3) is 3.88. The molecule has 1 saturated heterocycles. The molecule has 1 aliphatic heterocycles. The lowest BCUT2D eigenvalue weighted by atomic mass is 10.1. The van der Waals surface area contributed by atoms with Gasteiger partial charge in [0.25, 0.3) is 10.0 Å². The number of halogens is 1. The fraction of sp³-hybridized carbons (Fsp3) is 0.600. The average molecular weight is 324 g/mol. The third-order valence-corrected chi connectivity index (χ3v) is 5.82. The Morgan fingerprint density at radius 2 is 2.11 bits per heavy atom. The summed E-state index contributed by atoms with van der Waals surface area (Å²) in [6.45, 7) is 1.18. The second kappa shape index (κ2) is 6.17. The summed E-state index contributed by atoms with van der Waals surface area (Å²) in [6.07, 6.45) is 4.25. The lowest BCUT2D eigenvalue weighted by molar-refractivity contribution is -0.130. The Balaban J connectivity index is 1.92. The number of piperidine rings is 1. The van der Waals surface area contributed by atoms with Crippen LogP contribution in [0, 0.1) is 0 Å². The van der Waals surface area contributed by atoms with Crippen LogP contribution >= 0.6 is 22.9 Å². The van der Waals surface area contributed by atoms with E-state index in [1.165, 1.54) is 6.20 Å². The Kier molecular flexibility index (Phi) is 4.77. The Bertz CT molecular complexity index is 552. The van der Waals surface area contributed by atoms with E-state index in [2.05, 4.69) is 9.71 Å². The van der Waals surface area contributed by atoms with Gasteiger partial charge in [0, 0.05) is 13.1 Å². The molecule has 0 atom stereocenters. The van der Waals surface area contributed by atoms with Crippen LogP contribution in [0.4, 0.5) is 0 Å². The van der Waals surface area contributed by atoms with Gasteiger partial charge in [-0.15, -0.1) is 0 Å². The number of likely N-dealkylation sites (tertiary alicyclic amines) is 1. The van der Waals surface area contributed by atoms with Crippen molar-refractivity contribution in [2.75, 3.05) is 19.6 Å². The second-order valence-electron chi connectivity index (χ2n) is 4.20. The van der Waals surface area contributed by atoms with Crippen LogP contribution in [0.1, 0.15) is 19.3 Å². The van der Waals surface area contributed by atoms with Gasteiger partial charge in [-0.1, -0.05) is 22.9 Å². The van der Waals surface area contributed by atoms with Crippen LogP contribution in [0.25, 0.3) is 0 Å². The number of rotatable bonds is 4. The number of aromatic nitrogens is 1. The largest absolute Gasteiger partial charge is 0.342 e. The fourth-order valence-corrected chi connectivity index (χ4v) is 4.16. The highest BCUT2D eigenvalue weighted by Gasteiger charge is 2.21. The summed E-state index contributed by atoms with van der Waals surface area (Å²) in [5.74, 6) is -0.195. The first-order valence-electron chi connectivity index (χ1n) is 5.88. The van der Waals surface area contributed by atoms with Gasteiger partial charge in [0.15, 0.2) is 8.68 Å². The van der Waals surface area contributed by atoms with Gasteiger partial charge in [-0.25, -0.2) is 18.1 Å². The molecule has 9 heteroatoms. The summed E-state index contributed by atoms with van der Waals surface area (Å²) in [5.41, 5.74) is 0. The summed E-state index contributed by atoms with van der Waals surface area (Å²) in [5, 5.41) is 0. The molecule has 2 rings (SSSR count). The molecule has 1 aromatic rings. The number of hydrogen-bond acceptors (Lipinski definition) is 5. The van der Waals surface area contributed by atoms with Crippen LogP contribution in [0.5, 0.6) is 0 Å². The molecule has 0 unspecified atom stereocenters. The van der Waals surface area contributed by atoms with E-state index in [1.54, 1.807) is 4.90 Å². The number of nitrogens with one attached hydrogen (secondary N) is 1. The number of sulfonamides is 1. The standard InChI is InChI=1S/C10H14ClN3O3S2/c11-10-12-7-9(18-10)19(16,17)13-6-8(15)14-4-2-1-3-5-14/h7,13H,1-6H2. The predicted octanol–water partition coefficient (Wildman–Crippen LogP) is 1.09. The highest BCUT2D eigenvalue weighted by molar-refractivity contribution is 7.91. The minimum Gasteiger partial charge on any atom is -0.342 e. The summed E-state index contributed by atoms with van der Waals surface area (Å²) in [4.78, 5) is 17.2. The molecule has 1 aliphatic rings. The van der Waals surface area contributed by atoms with Crippen LogP contribution < -0.4 is 4.72 Å². The molecule has 19 heavy (non-hydrogen) atoms. The highest BCUT2D eigenvalue weighted by atomic mass is 35.5. The zero-order chi connectivity index (χ0) is 13.9. The molecular weight excluding hydrogens is 310 g/mol. The topological polar surface area (TPSA) is 79.4 Å². The van der Waals surface area contributed by atoms with Crippen molar-refractivity contribution in [3.8, 4) is 0 Å². The summed E-state index contributed by atoms with van der Waals surface area (Å²) in [6, 6.07) is 0. The SMILES string of the molecule is O=C(CNS(=O)(=O)c1cnc(Cl)s1)N1CCCCC1. The van der Waals surface area contributed by atoms with Gasteiger partial charge >= 0.3 is 0 Å². The normalized spacial score (nSPS) is 16.6. The molecule has 1 fully saturated rings. The number of carbonyl (C=O) groups is 1. The van der Waals surface area contributed by atoms with Crippen molar-refractivity contribution in [1.82, 2.24) is 14.6 Å². The fourth-order valence-electron chi connectivity index (χ4n) is 1.85. The molecule has 1 amide bonds. The first kappa shape index (κ1) is 14.7. The average Bonchev–Trinajstić information content (AvgIpc) is 2.85. The van der Waals surface area contributed by atoms with Crippen LogP contribution in [0.2, 0.25) is 4.47 Å². The Morgan fingerprint density at radius 3 is 2.68 bits per heavy atom. The number of amides is 1. The quantitative estimate of drug-likeness (QED) is 0.899. The van der Waals surface area contributed by atoms with Gasteiger partial charge in [0.2, 0.25) is 5.91 Å². The maximum Gasteiger partial charge on any atom is 0.252 e. The van der Waals surface area contributed by atoms with E-state index in [0.29, 0.717) is 13.1 Å². The lowest BCUT2D eigenvalue weighted by Crippen LogP contribution is -2.42. The minimum atomic E-state index is -3.70. The molecular formula is C10H14ClN3O3S2. The monoisotopic (exact) mass is 323 g/mol. The first-order valence-corrected chi connectivity index (χ1v) is 8.55. The molecule has 0 spiro atoms. The van der Waals surface area contributed by atoms with Crippen LogP contribution in [0.15, 0.2) is 10.4 Å². The lowest BCUT2D eigenvalue weighted by Gasteiger charge is -2.26. The van der Waals surface area contributed by atoms with E-state index in [9.17, 15) is 13.2 Å². The third-order valence-electron chi connectivity index (χ3n) is 2.84. The van der Waals surface area contributed by atoms with E-state index >= 15 is 0 Å². The van der Waals surface area contributed by atoms with Crippen molar-refractivity contribution in [3.63, 3.8) is 0 Å². The van der Waals surface area contributed by atoms with E-state index in [4.69, 9.17) is 11.6 Å². The Labute approximate surface area is 120 Å². The number of carbonyl (C=O) groups excluding carboxylic acids is 1. The van der Waals surface area contributed by atoms with Crippen molar-refractivity contribution in [2.45, 2.75) is 23.5 Å². The predicted molar refractivity (Wildman–Crippen MR) is 72.7 cm³/mol. The van der Waals surface area contributed by atoms with Gasteiger partial charge in [0.1, 0.15) is 0 Å². The first-order chi connectivity index (χ1) is 8.99. The molecule has 1 N–H and O–H groups in total.